The topological polar surface area (TPSA) is 63.2 Å². The molecule has 0 spiro atoms. The van der Waals surface area contributed by atoms with Crippen LogP contribution in [-0.2, 0) is 0 Å². The molecular formula is C13H23N5O. The average molecular weight is 265 g/mol. The lowest BCUT2D eigenvalue weighted by molar-refractivity contribution is 0.378. The number of nitrogens with one attached hydrogen (secondary N) is 1. The van der Waals surface area contributed by atoms with E-state index in [4.69, 9.17) is 4.74 Å². The minimum atomic E-state index is 0.373. The number of methoxy groups -OCH3 is 1. The number of hydrogen-bond donors (Lipinski definition) is 1. The number of rotatable bonds is 8. The maximum atomic E-state index is 5.16. The maximum Gasteiger partial charge on any atom is 0.322 e. The van der Waals surface area contributed by atoms with Gasteiger partial charge in [-0.15, -0.1) is 0 Å². The van der Waals surface area contributed by atoms with Crippen molar-refractivity contribution in [2.45, 2.75) is 33.1 Å². The van der Waals surface area contributed by atoms with Crippen LogP contribution in [-0.4, -0.2) is 41.7 Å². The summed E-state index contributed by atoms with van der Waals surface area (Å²) in [5.74, 6) is 2.10. The molecule has 0 amide bonds. The lowest BCUT2D eigenvalue weighted by Crippen LogP contribution is -2.28. The van der Waals surface area contributed by atoms with Gasteiger partial charge in [0.25, 0.3) is 0 Å². The van der Waals surface area contributed by atoms with Crippen LogP contribution < -0.4 is 15.0 Å². The van der Waals surface area contributed by atoms with Gasteiger partial charge in [0.1, 0.15) is 0 Å². The Morgan fingerprint density at radius 1 is 1.26 bits per heavy atom. The highest BCUT2D eigenvalue weighted by molar-refractivity contribution is 5.38. The van der Waals surface area contributed by atoms with Gasteiger partial charge in [-0.1, -0.05) is 6.92 Å². The minimum absolute atomic E-state index is 0.373. The zero-order valence-electron chi connectivity index (χ0n) is 12.0. The summed E-state index contributed by atoms with van der Waals surface area (Å²) < 4.78 is 5.16. The molecule has 1 aromatic heterocycles. The standard InChI is InChI=1S/C13H23N5O/c1-4-8-14-11-15-12(17-13(16-11)19-3)18(5-2)9-10-6-7-10/h10H,4-9H2,1-3H3,(H,14,15,16,17). The number of ether oxygens (including phenoxy) is 1. The highest BCUT2D eigenvalue weighted by atomic mass is 16.5. The van der Waals surface area contributed by atoms with Crippen molar-refractivity contribution in [1.29, 1.82) is 0 Å². The van der Waals surface area contributed by atoms with Crippen LogP contribution in [0.1, 0.15) is 33.1 Å². The molecule has 1 N–H and O–H groups in total. The van der Waals surface area contributed by atoms with Crippen LogP contribution in [0.2, 0.25) is 0 Å². The van der Waals surface area contributed by atoms with Gasteiger partial charge >= 0.3 is 6.01 Å². The third-order valence-electron chi connectivity index (χ3n) is 3.16. The summed E-state index contributed by atoms with van der Waals surface area (Å²) >= 11 is 0. The van der Waals surface area contributed by atoms with Gasteiger partial charge in [-0.05, 0) is 32.1 Å². The Hall–Kier alpha value is -1.59. The summed E-state index contributed by atoms with van der Waals surface area (Å²) in [6.45, 7) is 7.00. The molecule has 1 heterocycles. The van der Waals surface area contributed by atoms with E-state index in [1.54, 1.807) is 7.11 Å². The third-order valence-corrected chi connectivity index (χ3v) is 3.16. The second-order valence-corrected chi connectivity index (χ2v) is 4.85. The SMILES string of the molecule is CCCNc1nc(OC)nc(N(CC)CC2CC2)n1. The molecule has 19 heavy (non-hydrogen) atoms. The van der Waals surface area contributed by atoms with Crippen molar-refractivity contribution in [1.82, 2.24) is 15.0 Å². The van der Waals surface area contributed by atoms with E-state index in [1.165, 1.54) is 12.8 Å². The van der Waals surface area contributed by atoms with Crippen molar-refractivity contribution in [2.75, 3.05) is 37.0 Å². The molecule has 0 aliphatic heterocycles. The van der Waals surface area contributed by atoms with E-state index >= 15 is 0 Å². The Morgan fingerprint density at radius 2 is 2.05 bits per heavy atom. The quantitative estimate of drug-likeness (QED) is 0.775. The van der Waals surface area contributed by atoms with E-state index in [0.29, 0.717) is 17.9 Å². The lowest BCUT2D eigenvalue weighted by atomic mass is 10.4. The van der Waals surface area contributed by atoms with Crippen molar-refractivity contribution in [3.05, 3.63) is 0 Å². The summed E-state index contributed by atoms with van der Waals surface area (Å²) in [5, 5.41) is 3.19. The van der Waals surface area contributed by atoms with E-state index in [-0.39, 0.29) is 0 Å². The Labute approximate surface area is 114 Å². The summed E-state index contributed by atoms with van der Waals surface area (Å²) in [5.41, 5.74) is 0. The fourth-order valence-corrected chi connectivity index (χ4v) is 1.86. The fourth-order valence-electron chi connectivity index (χ4n) is 1.86. The molecular weight excluding hydrogens is 242 g/mol. The largest absolute Gasteiger partial charge is 0.467 e. The normalized spacial score (nSPS) is 14.3. The first-order valence-electron chi connectivity index (χ1n) is 7.05. The predicted molar refractivity (Wildman–Crippen MR) is 75.8 cm³/mol. The monoisotopic (exact) mass is 265 g/mol. The van der Waals surface area contributed by atoms with Crippen LogP contribution in [0.3, 0.4) is 0 Å². The van der Waals surface area contributed by atoms with Gasteiger partial charge in [-0.2, -0.15) is 15.0 Å². The number of nitrogens with zero attached hydrogens (tertiary/aromatic N) is 4. The maximum absolute atomic E-state index is 5.16. The zero-order valence-corrected chi connectivity index (χ0v) is 12.0. The van der Waals surface area contributed by atoms with Crippen molar-refractivity contribution < 1.29 is 4.74 Å². The summed E-state index contributed by atoms with van der Waals surface area (Å²) in [6, 6.07) is 0.373. The molecule has 1 aliphatic carbocycles. The molecule has 106 valence electrons. The van der Waals surface area contributed by atoms with E-state index in [2.05, 4.69) is 39.0 Å². The average Bonchev–Trinajstić information content (AvgIpc) is 3.26. The second kappa shape index (κ2) is 6.54. The Balaban J connectivity index is 2.15. The Bertz CT molecular complexity index is 408. The molecule has 1 fully saturated rings. The summed E-state index contributed by atoms with van der Waals surface area (Å²) in [6.07, 6.45) is 3.67. The highest BCUT2D eigenvalue weighted by Gasteiger charge is 2.25. The molecule has 0 unspecified atom stereocenters. The van der Waals surface area contributed by atoms with Gasteiger partial charge < -0.3 is 15.0 Å². The predicted octanol–water partition coefficient (Wildman–Crippen LogP) is 1.94. The van der Waals surface area contributed by atoms with Crippen LogP contribution in [0.4, 0.5) is 11.9 Å². The second-order valence-electron chi connectivity index (χ2n) is 4.85. The number of aromatic nitrogens is 3. The molecule has 0 radical (unpaired) electrons. The highest BCUT2D eigenvalue weighted by Crippen LogP contribution is 2.30. The van der Waals surface area contributed by atoms with E-state index in [9.17, 15) is 0 Å². The molecule has 0 aromatic carbocycles. The van der Waals surface area contributed by atoms with Crippen molar-refractivity contribution in [2.24, 2.45) is 5.92 Å². The smallest absolute Gasteiger partial charge is 0.322 e. The van der Waals surface area contributed by atoms with Gasteiger partial charge in [0.2, 0.25) is 11.9 Å². The molecule has 0 saturated heterocycles. The van der Waals surface area contributed by atoms with Crippen LogP contribution in [0.25, 0.3) is 0 Å². The number of hydrogen-bond acceptors (Lipinski definition) is 6. The van der Waals surface area contributed by atoms with Crippen LogP contribution in [0, 0.1) is 5.92 Å². The molecule has 6 heteroatoms. The van der Waals surface area contributed by atoms with E-state index in [0.717, 1.165) is 32.0 Å². The third kappa shape index (κ3) is 3.94. The molecule has 6 nitrogen and oxygen atoms in total. The lowest BCUT2D eigenvalue weighted by Gasteiger charge is -2.21. The zero-order chi connectivity index (χ0) is 13.7. The van der Waals surface area contributed by atoms with Gasteiger partial charge in [0.05, 0.1) is 7.11 Å². The molecule has 1 saturated carbocycles. The van der Waals surface area contributed by atoms with Gasteiger partial charge in [0, 0.05) is 19.6 Å². The molecule has 0 atom stereocenters. The summed E-state index contributed by atoms with van der Waals surface area (Å²) in [7, 11) is 1.58. The van der Waals surface area contributed by atoms with E-state index in [1.807, 2.05) is 0 Å². The Kier molecular flexibility index (Phi) is 4.76. The number of anilines is 2. The van der Waals surface area contributed by atoms with Crippen LogP contribution in [0.15, 0.2) is 0 Å². The van der Waals surface area contributed by atoms with Gasteiger partial charge in [-0.3, -0.25) is 0 Å². The molecule has 2 rings (SSSR count). The van der Waals surface area contributed by atoms with Crippen LogP contribution >= 0.6 is 0 Å². The first-order valence-corrected chi connectivity index (χ1v) is 7.05. The Morgan fingerprint density at radius 3 is 2.63 bits per heavy atom. The van der Waals surface area contributed by atoms with Gasteiger partial charge in [-0.25, -0.2) is 0 Å². The van der Waals surface area contributed by atoms with E-state index < -0.39 is 0 Å². The van der Waals surface area contributed by atoms with Crippen LogP contribution in [0.5, 0.6) is 6.01 Å². The first kappa shape index (κ1) is 13.8. The minimum Gasteiger partial charge on any atom is -0.467 e. The molecule has 1 aromatic rings. The fraction of sp³-hybridized carbons (Fsp3) is 0.769. The summed E-state index contributed by atoms with van der Waals surface area (Å²) in [4.78, 5) is 15.2. The van der Waals surface area contributed by atoms with Crippen molar-refractivity contribution >= 4 is 11.9 Å². The van der Waals surface area contributed by atoms with Crippen molar-refractivity contribution in [3.8, 4) is 6.01 Å². The van der Waals surface area contributed by atoms with Gasteiger partial charge in [0.15, 0.2) is 0 Å². The van der Waals surface area contributed by atoms with Crippen molar-refractivity contribution in [3.63, 3.8) is 0 Å². The first-order chi connectivity index (χ1) is 9.26. The molecule has 0 bridgehead atoms. The molecule has 1 aliphatic rings.